The Kier molecular flexibility index (Phi) is 1.82. The number of carbonyl (C=O) groups is 1. The van der Waals surface area contributed by atoms with E-state index in [1.807, 2.05) is 13.8 Å². The Bertz CT molecular complexity index is 149. The van der Waals surface area contributed by atoms with Crippen LogP contribution in [0.4, 0.5) is 0 Å². The number of aliphatic hydroxyl groups is 1. The largest absolute Gasteiger partial charge is 0.396 e. The minimum atomic E-state index is -0.173. The van der Waals surface area contributed by atoms with E-state index >= 15 is 0 Å². The van der Waals surface area contributed by atoms with Gasteiger partial charge in [-0.2, -0.15) is 0 Å². The van der Waals surface area contributed by atoms with E-state index in [9.17, 15) is 4.79 Å². The first-order chi connectivity index (χ1) is 4.56. The van der Waals surface area contributed by atoms with Crippen LogP contribution < -0.4 is 0 Å². The first-order valence-electron chi connectivity index (χ1n) is 3.70. The molecule has 0 saturated heterocycles. The molecule has 1 N–H and O–H groups in total. The molecule has 0 spiro atoms. The van der Waals surface area contributed by atoms with Gasteiger partial charge in [0.15, 0.2) is 0 Å². The summed E-state index contributed by atoms with van der Waals surface area (Å²) in [4.78, 5) is 11.2. The molecule has 0 radical (unpaired) electrons. The Hall–Kier alpha value is -0.370. The highest BCUT2D eigenvalue weighted by atomic mass is 16.3. The van der Waals surface area contributed by atoms with E-state index in [0.29, 0.717) is 12.2 Å². The molecule has 2 heteroatoms. The summed E-state index contributed by atoms with van der Waals surface area (Å²) in [6, 6.07) is 0. The number of Topliss-reactive ketones (excluding diaryl/α,β-unsaturated/α-hetero) is 1. The average molecular weight is 142 g/mol. The lowest BCUT2D eigenvalue weighted by molar-refractivity contribution is -0.124. The van der Waals surface area contributed by atoms with Gasteiger partial charge in [0, 0.05) is 18.4 Å². The maximum Gasteiger partial charge on any atom is 0.138 e. The van der Waals surface area contributed by atoms with Crippen LogP contribution in [0.5, 0.6) is 0 Å². The van der Waals surface area contributed by atoms with Crippen LogP contribution in [-0.4, -0.2) is 17.5 Å². The molecule has 10 heavy (non-hydrogen) atoms. The summed E-state index contributed by atoms with van der Waals surface area (Å²) in [5, 5.41) is 8.76. The Morgan fingerprint density at radius 3 is 2.50 bits per heavy atom. The second kappa shape index (κ2) is 2.35. The van der Waals surface area contributed by atoms with E-state index in [1.165, 1.54) is 0 Å². The summed E-state index contributed by atoms with van der Waals surface area (Å²) in [7, 11) is 0. The van der Waals surface area contributed by atoms with Crippen molar-refractivity contribution in [3.63, 3.8) is 0 Å². The maximum atomic E-state index is 11.2. The first-order valence-corrected chi connectivity index (χ1v) is 3.70. The summed E-state index contributed by atoms with van der Waals surface area (Å²) in [5.41, 5.74) is -0.173. The van der Waals surface area contributed by atoms with Gasteiger partial charge in [-0.25, -0.2) is 0 Å². The monoisotopic (exact) mass is 142 g/mol. The van der Waals surface area contributed by atoms with Gasteiger partial charge in [0.2, 0.25) is 0 Å². The van der Waals surface area contributed by atoms with E-state index in [1.54, 1.807) is 0 Å². The molecule has 1 atom stereocenters. The van der Waals surface area contributed by atoms with E-state index < -0.39 is 0 Å². The van der Waals surface area contributed by atoms with Gasteiger partial charge >= 0.3 is 0 Å². The number of aliphatic hydroxyl groups excluding tert-OH is 1. The molecule has 0 bridgehead atoms. The van der Waals surface area contributed by atoms with Gasteiger partial charge in [-0.05, 0) is 12.3 Å². The predicted molar refractivity (Wildman–Crippen MR) is 38.6 cm³/mol. The zero-order chi connectivity index (χ0) is 7.78. The molecule has 1 aliphatic carbocycles. The summed E-state index contributed by atoms with van der Waals surface area (Å²) < 4.78 is 0. The van der Waals surface area contributed by atoms with Crippen molar-refractivity contribution in [3.8, 4) is 0 Å². The van der Waals surface area contributed by atoms with Gasteiger partial charge in [0.25, 0.3) is 0 Å². The minimum Gasteiger partial charge on any atom is -0.396 e. The van der Waals surface area contributed by atoms with Gasteiger partial charge in [0.1, 0.15) is 5.78 Å². The van der Waals surface area contributed by atoms with Crippen molar-refractivity contribution >= 4 is 5.78 Å². The zero-order valence-corrected chi connectivity index (χ0v) is 6.55. The number of ketones is 1. The molecule has 0 aromatic rings. The van der Waals surface area contributed by atoms with Gasteiger partial charge in [-0.3, -0.25) is 4.79 Å². The first kappa shape index (κ1) is 7.73. The van der Waals surface area contributed by atoms with Crippen molar-refractivity contribution in [2.24, 2.45) is 11.3 Å². The highest BCUT2D eigenvalue weighted by Gasteiger charge is 2.38. The molecule has 2 nitrogen and oxygen atoms in total. The maximum absolute atomic E-state index is 11.2. The van der Waals surface area contributed by atoms with Crippen LogP contribution in [0.15, 0.2) is 0 Å². The molecule has 0 aromatic carbocycles. The molecule has 0 aliphatic heterocycles. The fourth-order valence-corrected chi connectivity index (χ4v) is 1.58. The standard InChI is InChI=1S/C8H14O2/c1-8(2)4-6(5-9)3-7(8)10/h6,9H,3-5H2,1-2H3/t6-/m0/s1. The van der Waals surface area contributed by atoms with Gasteiger partial charge in [-0.15, -0.1) is 0 Å². The Balaban J connectivity index is 2.62. The van der Waals surface area contributed by atoms with Crippen LogP contribution in [-0.2, 0) is 4.79 Å². The SMILES string of the molecule is CC1(C)C[C@@H](CO)CC1=O. The Morgan fingerprint density at radius 1 is 1.70 bits per heavy atom. The Morgan fingerprint density at radius 2 is 2.30 bits per heavy atom. The summed E-state index contributed by atoms with van der Waals surface area (Å²) >= 11 is 0. The molecular formula is C8H14O2. The highest BCUT2D eigenvalue weighted by Crippen LogP contribution is 2.37. The van der Waals surface area contributed by atoms with Crippen molar-refractivity contribution in [1.82, 2.24) is 0 Å². The summed E-state index contributed by atoms with van der Waals surface area (Å²) in [6.07, 6.45) is 1.42. The predicted octanol–water partition coefficient (Wildman–Crippen LogP) is 0.984. The van der Waals surface area contributed by atoms with Gasteiger partial charge in [-0.1, -0.05) is 13.8 Å². The summed E-state index contributed by atoms with van der Waals surface area (Å²) in [5.74, 6) is 0.522. The molecule has 58 valence electrons. The number of rotatable bonds is 1. The number of hydrogen-bond acceptors (Lipinski definition) is 2. The second-order valence-electron chi connectivity index (χ2n) is 3.76. The third-order valence-electron chi connectivity index (χ3n) is 2.29. The molecule has 1 saturated carbocycles. The smallest absolute Gasteiger partial charge is 0.138 e. The molecular weight excluding hydrogens is 128 g/mol. The minimum absolute atomic E-state index is 0.162. The zero-order valence-electron chi connectivity index (χ0n) is 6.55. The van der Waals surface area contributed by atoms with Gasteiger partial charge in [0.05, 0.1) is 0 Å². The lowest BCUT2D eigenvalue weighted by Gasteiger charge is -2.13. The van der Waals surface area contributed by atoms with Crippen LogP contribution >= 0.6 is 0 Å². The molecule has 1 rings (SSSR count). The molecule has 0 amide bonds. The third-order valence-corrected chi connectivity index (χ3v) is 2.29. The van der Waals surface area contributed by atoms with Crippen molar-refractivity contribution in [1.29, 1.82) is 0 Å². The fraction of sp³-hybridized carbons (Fsp3) is 0.875. The van der Waals surface area contributed by atoms with Crippen LogP contribution in [0.25, 0.3) is 0 Å². The number of hydrogen-bond donors (Lipinski definition) is 1. The second-order valence-corrected chi connectivity index (χ2v) is 3.76. The summed E-state index contributed by atoms with van der Waals surface area (Å²) in [6.45, 7) is 4.06. The van der Waals surface area contributed by atoms with E-state index in [2.05, 4.69) is 0 Å². The number of carbonyl (C=O) groups excluding carboxylic acids is 1. The molecule has 0 unspecified atom stereocenters. The highest BCUT2D eigenvalue weighted by molar-refractivity contribution is 5.86. The molecule has 1 aliphatic rings. The van der Waals surface area contributed by atoms with E-state index in [-0.39, 0.29) is 17.9 Å². The van der Waals surface area contributed by atoms with Crippen molar-refractivity contribution in [3.05, 3.63) is 0 Å². The van der Waals surface area contributed by atoms with Crippen LogP contribution in [0.1, 0.15) is 26.7 Å². The lowest BCUT2D eigenvalue weighted by atomic mass is 9.90. The van der Waals surface area contributed by atoms with Crippen molar-refractivity contribution in [2.45, 2.75) is 26.7 Å². The van der Waals surface area contributed by atoms with E-state index in [0.717, 1.165) is 6.42 Å². The lowest BCUT2D eigenvalue weighted by Crippen LogP contribution is -2.15. The molecule has 0 aromatic heterocycles. The van der Waals surface area contributed by atoms with Crippen LogP contribution in [0.2, 0.25) is 0 Å². The normalized spacial score (nSPS) is 31.1. The van der Waals surface area contributed by atoms with Crippen molar-refractivity contribution < 1.29 is 9.90 Å². The van der Waals surface area contributed by atoms with Gasteiger partial charge < -0.3 is 5.11 Å². The van der Waals surface area contributed by atoms with Crippen LogP contribution in [0, 0.1) is 11.3 Å². The third kappa shape index (κ3) is 1.21. The fourth-order valence-electron chi connectivity index (χ4n) is 1.58. The topological polar surface area (TPSA) is 37.3 Å². The Labute approximate surface area is 61.2 Å². The van der Waals surface area contributed by atoms with Crippen LogP contribution in [0.3, 0.4) is 0 Å². The average Bonchev–Trinajstić information content (AvgIpc) is 2.08. The molecule has 1 fully saturated rings. The van der Waals surface area contributed by atoms with Crippen molar-refractivity contribution in [2.75, 3.05) is 6.61 Å². The quantitative estimate of drug-likeness (QED) is 0.592. The van der Waals surface area contributed by atoms with E-state index in [4.69, 9.17) is 5.11 Å². The molecule has 0 heterocycles.